The van der Waals surface area contributed by atoms with E-state index in [-0.39, 0.29) is 23.5 Å². The molecule has 7 nitrogen and oxygen atoms in total. The van der Waals surface area contributed by atoms with Crippen molar-refractivity contribution in [2.45, 2.75) is 52.9 Å². The number of carbonyl (C=O) groups excluding carboxylic acids is 3. The Morgan fingerprint density at radius 3 is 1.73 bits per heavy atom. The molecule has 0 N–H and O–H groups in total. The van der Waals surface area contributed by atoms with Gasteiger partial charge in [0.15, 0.2) is 0 Å². The van der Waals surface area contributed by atoms with Gasteiger partial charge in [-0.05, 0) is 37.5 Å². The van der Waals surface area contributed by atoms with Crippen molar-refractivity contribution >= 4 is 34.2 Å². The summed E-state index contributed by atoms with van der Waals surface area (Å²) in [7, 11) is 0. The first-order valence-corrected chi connectivity index (χ1v) is 13.0. The van der Waals surface area contributed by atoms with Crippen LogP contribution in [-0.2, 0) is 16.0 Å². The number of rotatable bonds is 12. The Morgan fingerprint density at radius 2 is 1.27 bits per heavy atom. The molecule has 0 fully saturated rings. The van der Waals surface area contributed by atoms with E-state index in [0.717, 1.165) is 46.9 Å². The van der Waals surface area contributed by atoms with Gasteiger partial charge in [0.25, 0.3) is 11.8 Å². The zero-order chi connectivity index (χ0) is 26.4. The fraction of sp³-hybridized carbons (Fsp3) is 0.367. The normalized spacial score (nSPS) is 12.7. The minimum Gasteiger partial charge on any atom is -0.492 e. The van der Waals surface area contributed by atoms with Crippen molar-refractivity contribution in [3.63, 3.8) is 0 Å². The zero-order valence-corrected chi connectivity index (χ0v) is 21.7. The highest BCUT2D eigenvalue weighted by Gasteiger charge is 2.43. The van der Waals surface area contributed by atoms with Crippen LogP contribution in [0.3, 0.4) is 0 Å². The second-order valence-electron chi connectivity index (χ2n) is 8.95. The second kappa shape index (κ2) is 11.9. The highest BCUT2D eigenvalue weighted by molar-refractivity contribution is 6.38. The number of hydrogen-bond donors (Lipinski definition) is 0. The molecule has 0 spiro atoms. The quantitative estimate of drug-likeness (QED) is 0.169. The summed E-state index contributed by atoms with van der Waals surface area (Å²) in [6.07, 6.45) is 3.65. The number of carbonyl (C=O) groups is 3. The predicted molar refractivity (Wildman–Crippen MR) is 143 cm³/mol. The minimum absolute atomic E-state index is 0.118. The SMILES string of the molecule is CCCCOc1c2c(c(OCCCC)c3ccccc13)C(=O)N(c1ccc(CC(=O)OCC)cc1)C2=O. The number of esters is 1. The predicted octanol–water partition coefficient (Wildman–Crippen LogP) is 6.10. The molecule has 0 aromatic heterocycles. The van der Waals surface area contributed by atoms with Crippen LogP contribution in [0.1, 0.15) is 72.7 Å². The maximum atomic E-state index is 13.8. The van der Waals surface area contributed by atoms with Crippen molar-refractivity contribution in [2.75, 3.05) is 24.7 Å². The van der Waals surface area contributed by atoms with Crippen LogP contribution < -0.4 is 14.4 Å². The third-order valence-electron chi connectivity index (χ3n) is 6.29. The number of nitrogens with zero attached hydrogens (tertiary/aromatic N) is 1. The van der Waals surface area contributed by atoms with Crippen LogP contribution in [0, 0.1) is 0 Å². The summed E-state index contributed by atoms with van der Waals surface area (Å²) in [6, 6.07) is 14.4. The zero-order valence-electron chi connectivity index (χ0n) is 21.7. The molecule has 0 unspecified atom stereocenters. The lowest BCUT2D eigenvalue weighted by Gasteiger charge is -2.17. The smallest absolute Gasteiger partial charge is 0.310 e. The molecule has 3 aromatic rings. The number of fused-ring (bicyclic) bond motifs is 2. The van der Waals surface area contributed by atoms with Gasteiger partial charge in [-0.3, -0.25) is 14.4 Å². The lowest BCUT2D eigenvalue weighted by molar-refractivity contribution is -0.142. The van der Waals surface area contributed by atoms with Gasteiger partial charge in [-0.1, -0.05) is 63.1 Å². The molecule has 37 heavy (non-hydrogen) atoms. The van der Waals surface area contributed by atoms with Gasteiger partial charge < -0.3 is 14.2 Å². The van der Waals surface area contributed by atoms with E-state index in [1.807, 2.05) is 24.3 Å². The molecule has 1 aliphatic rings. The molecule has 1 heterocycles. The third kappa shape index (κ3) is 5.31. The molecule has 0 aliphatic carbocycles. The second-order valence-corrected chi connectivity index (χ2v) is 8.95. The number of benzene rings is 3. The number of hydrogen-bond acceptors (Lipinski definition) is 6. The third-order valence-corrected chi connectivity index (χ3v) is 6.29. The first-order chi connectivity index (χ1) is 18.0. The molecular formula is C30H33NO6. The van der Waals surface area contributed by atoms with E-state index in [4.69, 9.17) is 14.2 Å². The van der Waals surface area contributed by atoms with Crippen LogP contribution >= 0.6 is 0 Å². The number of amides is 2. The van der Waals surface area contributed by atoms with Crippen molar-refractivity contribution in [3.8, 4) is 11.5 Å². The Morgan fingerprint density at radius 1 is 0.757 bits per heavy atom. The van der Waals surface area contributed by atoms with E-state index >= 15 is 0 Å². The maximum Gasteiger partial charge on any atom is 0.310 e. The molecule has 194 valence electrons. The van der Waals surface area contributed by atoms with Crippen LogP contribution in [0.2, 0.25) is 0 Å². The molecule has 0 radical (unpaired) electrons. The van der Waals surface area contributed by atoms with Gasteiger partial charge in [0.1, 0.15) is 11.5 Å². The maximum absolute atomic E-state index is 13.8. The van der Waals surface area contributed by atoms with Crippen LogP contribution in [-0.4, -0.2) is 37.6 Å². The van der Waals surface area contributed by atoms with Gasteiger partial charge in [0, 0.05) is 10.8 Å². The fourth-order valence-electron chi connectivity index (χ4n) is 4.41. The standard InChI is InChI=1S/C30H33NO6/c1-4-7-17-36-27-22-11-9-10-12-23(22)28(37-18-8-5-2)26-25(27)29(33)31(30(26)34)21-15-13-20(14-16-21)19-24(32)35-6-3/h9-16H,4-8,17-19H2,1-3H3. The Balaban J connectivity index is 1.79. The first-order valence-electron chi connectivity index (χ1n) is 13.0. The van der Waals surface area contributed by atoms with E-state index < -0.39 is 11.8 Å². The fourth-order valence-corrected chi connectivity index (χ4v) is 4.41. The van der Waals surface area contributed by atoms with Crippen molar-refractivity contribution in [2.24, 2.45) is 0 Å². The Kier molecular flexibility index (Phi) is 8.43. The number of anilines is 1. The molecule has 3 aromatic carbocycles. The monoisotopic (exact) mass is 503 g/mol. The van der Waals surface area contributed by atoms with Crippen LogP contribution in [0.4, 0.5) is 5.69 Å². The van der Waals surface area contributed by atoms with Crippen molar-refractivity contribution in [1.82, 2.24) is 0 Å². The summed E-state index contributed by atoms with van der Waals surface area (Å²) in [5.41, 5.74) is 1.63. The highest BCUT2D eigenvalue weighted by atomic mass is 16.5. The topological polar surface area (TPSA) is 82.1 Å². The van der Waals surface area contributed by atoms with Gasteiger partial charge >= 0.3 is 5.97 Å². The summed E-state index contributed by atoms with van der Waals surface area (Å²) in [5.74, 6) is -0.389. The molecule has 4 rings (SSSR count). The summed E-state index contributed by atoms with van der Waals surface area (Å²) >= 11 is 0. The first kappa shape index (κ1) is 26.2. The molecule has 0 saturated heterocycles. The largest absolute Gasteiger partial charge is 0.492 e. The van der Waals surface area contributed by atoms with Crippen molar-refractivity contribution in [1.29, 1.82) is 0 Å². The number of ether oxygens (including phenoxy) is 3. The molecule has 0 atom stereocenters. The summed E-state index contributed by atoms with van der Waals surface area (Å²) in [4.78, 5) is 40.7. The van der Waals surface area contributed by atoms with Gasteiger partial charge in [-0.15, -0.1) is 0 Å². The van der Waals surface area contributed by atoms with Gasteiger partial charge in [0.2, 0.25) is 0 Å². The Bertz CT molecular complexity index is 1230. The number of imide groups is 1. The van der Waals surface area contributed by atoms with E-state index in [1.54, 1.807) is 31.2 Å². The molecular weight excluding hydrogens is 470 g/mol. The Hall–Kier alpha value is -3.87. The minimum atomic E-state index is -0.448. The molecule has 1 aliphatic heterocycles. The summed E-state index contributed by atoms with van der Waals surface area (Å²) in [6.45, 7) is 7.08. The molecule has 0 saturated carbocycles. The van der Waals surface area contributed by atoms with Gasteiger partial charge in [0.05, 0.1) is 43.1 Å². The average Bonchev–Trinajstić information content (AvgIpc) is 3.16. The molecule has 2 amide bonds. The molecule has 7 heteroatoms. The average molecular weight is 504 g/mol. The van der Waals surface area contributed by atoms with Crippen molar-refractivity contribution in [3.05, 3.63) is 65.2 Å². The van der Waals surface area contributed by atoms with Crippen LogP contribution in [0.25, 0.3) is 10.8 Å². The number of unbranched alkanes of at least 4 members (excludes halogenated alkanes) is 2. The summed E-state index contributed by atoms with van der Waals surface area (Å²) in [5, 5.41) is 1.49. The van der Waals surface area contributed by atoms with Crippen molar-refractivity contribution < 1.29 is 28.6 Å². The van der Waals surface area contributed by atoms with E-state index in [2.05, 4.69) is 13.8 Å². The van der Waals surface area contributed by atoms with E-state index in [0.29, 0.717) is 37.0 Å². The summed E-state index contributed by atoms with van der Waals surface area (Å²) < 4.78 is 17.3. The van der Waals surface area contributed by atoms with Crippen LogP contribution in [0.15, 0.2) is 48.5 Å². The van der Waals surface area contributed by atoms with Gasteiger partial charge in [-0.2, -0.15) is 0 Å². The van der Waals surface area contributed by atoms with E-state index in [1.165, 1.54) is 0 Å². The molecule has 0 bridgehead atoms. The Labute approximate surface area is 217 Å². The lowest BCUT2D eigenvalue weighted by atomic mass is 9.99. The lowest BCUT2D eigenvalue weighted by Crippen LogP contribution is -2.29. The van der Waals surface area contributed by atoms with Gasteiger partial charge in [-0.25, -0.2) is 4.90 Å². The highest BCUT2D eigenvalue weighted by Crippen LogP contribution is 2.46. The van der Waals surface area contributed by atoms with E-state index in [9.17, 15) is 14.4 Å². The van der Waals surface area contributed by atoms with Crippen LogP contribution in [0.5, 0.6) is 11.5 Å².